The fourth-order valence-corrected chi connectivity index (χ4v) is 2.01. The van der Waals surface area contributed by atoms with Gasteiger partial charge < -0.3 is 9.47 Å². The first-order valence-corrected chi connectivity index (χ1v) is 5.72. The average Bonchev–Trinajstić information content (AvgIpc) is 2.73. The number of hydrogen-bond donors (Lipinski definition) is 0. The van der Waals surface area contributed by atoms with Crippen molar-refractivity contribution in [1.82, 2.24) is 4.57 Å². The monoisotopic (exact) mass is 269 g/mol. The van der Waals surface area contributed by atoms with Gasteiger partial charge in [-0.05, 0) is 19.9 Å². The molecule has 1 aromatic heterocycles. The van der Waals surface area contributed by atoms with Crippen molar-refractivity contribution in [3.8, 4) is 5.75 Å². The smallest absolute Gasteiger partial charge is 0.418 e. The summed E-state index contributed by atoms with van der Waals surface area (Å²) in [5, 5.41) is -0.00801. The molecule has 0 spiro atoms. The van der Waals surface area contributed by atoms with Crippen molar-refractivity contribution >= 4 is 17.0 Å². The molecule has 0 saturated carbocycles. The summed E-state index contributed by atoms with van der Waals surface area (Å²) in [5.74, 6) is -1.60. The molecule has 6 heteroatoms. The second kappa shape index (κ2) is 4.87. The zero-order chi connectivity index (χ0) is 14.2. The molecule has 1 aromatic carbocycles. The lowest BCUT2D eigenvalue weighted by Gasteiger charge is -2.08. The Bertz CT molecular complexity index is 649. The number of aryl methyl sites for hydroxylation is 1. The van der Waals surface area contributed by atoms with Gasteiger partial charge in [-0.3, -0.25) is 0 Å². The second-order valence-electron chi connectivity index (χ2n) is 3.96. The highest BCUT2D eigenvalue weighted by atomic mass is 19.1. The minimum atomic E-state index is -0.769. The van der Waals surface area contributed by atoms with Gasteiger partial charge in [0.15, 0.2) is 17.4 Å². The maximum atomic E-state index is 14.1. The van der Waals surface area contributed by atoms with E-state index < -0.39 is 17.7 Å². The topological polar surface area (TPSA) is 40.5 Å². The molecule has 0 fully saturated rings. The van der Waals surface area contributed by atoms with E-state index in [1.54, 1.807) is 13.8 Å². The molecule has 0 saturated heterocycles. The van der Waals surface area contributed by atoms with Crippen LogP contribution in [-0.4, -0.2) is 24.4 Å². The Balaban J connectivity index is 2.79. The summed E-state index contributed by atoms with van der Waals surface area (Å²) in [6, 6.07) is 2.31. The van der Waals surface area contributed by atoms with E-state index in [9.17, 15) is 13.6 Å². The summed E-state index contributed by atoms with van der Waals surface area (Å²) in [7, 11) is 1.18. The van der Waals surface area contributed by atoms with Crippen molar-refractivity contribution in [1.29, 1.82) is 0 Å². The predicted octanol–water partition coefficient (Wildman–Crippen LogP) is 3.24. The third-order valence-electron chi connectivity index (χ3n) is 2.78. The van der Waals surface area contributed by atoms with Gasteiger partial charge in [-0.1, -0.05) is 0 Å². The van der Waals surface area contributed by atoms with Crippen molar-refractivity contribution in [2.24, 2.45) is 0 Å². The molecule has 0 atom stereocenters. The molecule has 0 aliphatic heterocycles. The van der Waals surface area contributed by atoms with Crippen LogP contribution in [0.25, 0.3) is 10.9 Å². The van der Waals surface area contributed by atoms with Gasteiger partial charge in [0.05, 0.1) is 19.2 Å². The second-order valence-corrected chi connectivity index (χ2v) is 3.96. The first-order chi connectivity index (χ1) is 9.01. The third-order valence-corrected chi connectivity index (χ3v) is 2.78. The molecule has 0 aliphatic carbocycles. The molecule has 0 amide bonds. The Morgan fingerprint density at radius 3 is 2.63 bits per heavy atom. The Morgan fingerprint density at radius 1 is 1.37 bits per heavy atom. The number of rotatable bonds is 2. The molecule has 4 nitrogen and oxygen atoms in total. The summed E-state index contributed by atoms with van der Waals surface area (Å²) >= 11 is 0. The highest BCUT2D eigenvalue weighted by Gasteiger charge is 2.22. The van der Waals surface area contributed by atoms with Crippen LogP contribution in [0.3, 0.4) is 0 Å². The fraction of sp³-hybridized carbons (Fsp3) is 0.308. The molecule has 102 valence electrons. The number of nitrogens with zero attached hydrogens (tertiary/aromatic N) is 1. The van der Waals surface area contributed by atoms with Gasteiger partial charge in [0, 0.05) is 17.1 Å². The maximum Gasteiger partial charge on any atom is 0.418 e. The van der Waals surface area contributed by atoms with Crippen LogP contribution in [0.15, 0.2) is 12.1 Å². The van der Waals surface area contributed by atoms with Gasteiger partial charge >= 0.3 is 6.09 Å². The highest BCUT2D eigenvalue weighted by Crippen LogP contribution is 2.31. The molecule has 0 bridgehead atoms. The Morgan fingerprint density at radius 2 is 2.05 bits per heavy atom. The van der Waals surface area contributed by atoms with E-state index in [1.807, 2.05) is 0 Å². The first kappa shape index (κ1) is 13.3. The molecule has 0 aliphatic rings. The Hall–Kier alpha value is -2.11. The van der Waals surface area contributed by atoms with E-state index in [0.717, 1.165) is 10.6 Å². The van der Waals surface area contributed by atoms with Crippen LogP contribution in [-0.2, 0) is 4.74 Å². The summed E-state index contributed by atoms with van der Waals surface area (Å²) in [6.07, 6.45) is -0.769. The lowest BCUT2D eigenvalue weighted by atomic mass is 10.2. The van der Waals surface area contributed by atoms with E-state index in [4.69, 9.17) is 4.74 Å². The molecule has 19 heavy (non-hydrogen) atoms. The number of fused-ring (bicyclic) bond motifs is 1. The van der Waals surface area contributed by atoms with Gasteiger partial charge in [-0.25, -0.2) is 18.1 Å². The van der Waals surface area contributed by atoms with E-state index in [2.05, 4.69) is 4.74 Å². The zero-order valence-corrected chi connectivity index (χ0v) is 10.8. The lowest BCUT2D eigenvalue weighted by Crippen LogP contribution is -2.13. The van der Waals surface area contributed by atoms with Crippen LogP contribution in [0.1, 0.15) is 12.6 Å². The van der Waals surface area contributed by atoms with E-state index >= 15 is 0 Å². The van der Waals surface area contributed by atoms with E-state index in [1.165, 1.54) is 13.2 Å². The third kappa shape index (κ3) is 2.03. The SMILES string of the molecule is CCOc1cc(F)c2c(cc(C)n2C(=O)OC)c1F. The Kier molecular flexibility index (Phi) is 3.42. The fourth-order valence-electron chi connectivity index (χ4n) is 2.01. The van der Waals surface area contributed by atoms with Gasteiger partial charge in [0.2, 0.25) is 0 Å². The molecule has 0 N–H and O–H groups in total. The normalized spacial score (nSPS) is 10.8. The van der Waals surface area contributed by atoms with Crippen LogP contribution in [0.4, 0.5) is 13.6 Å². The number of ether oxygens (including phenoxy) is 2. The summed E-state index contributed by atoms with van der Waals surface area (Å²) in [5.41, 5.74) is 0.235. The van der Waals surface area contributed by atoms with Gasteiger partial charge in [0.1, 0.15) is 0 Å². The summed E-state index contributed by atoms with van der Waals surface area (Å²) < 4.78 is 38.8. The molecule has 0 unspecified atom stereocenters. The zero-order valence-electron chi connectivity index (χ0n) is 10.8. The molecule has 2 rings (SSSR count). The van der Waals surface area contributed by atoms with Crippen molar-refractivity contribution in [2.75, 3.05) is 13.7 Å². The number of hydrogen-bond acceptors (Lipinski definition) is 3. The summed E-state index contributed by atoms with van der Waals surface area (Å²) in [6.45, 7) is 3.46. The molecule has 2 aromatic rings. The van der Waals surface area contributed by atoms with Crippen molar-refractivity contribution in [3.05, 3.63) is 29.5 Å². The first-order valence-electron chi connectivity index (χ1n) is 5.72. The predicted molar refractivity (Wildman–Crippen MR) is 65.6 cm³/mol. The Labute approximate surface area is 108 Å². The lowest BCUT2D eigenvalue weighted by molar-refractivity contribution is 0.173. The number of carbonyl (C=O) groups is 1. The summed E-state index contributed by atoms with van der Waals surface area (Å²) in [4.78, 5) is 11.6. The van der Waals surface area contributed by atoms with Crippen LogP contribution >= 0.6 is 0 Å². The van der Waals surface area contributed by atoms with Crippen LogP contribution in [0, 0.1) is 18.6 Å². The number of methoxy groups -OCH3 is 1. The molecule has 0 radical (unpaired) electrons. The minimum absolute atomic E-state index is 0.00801. The minimum Gasteiger partial charge on any atom is -0.491 e. The van der Waals surface area contributed by atoms with E-state index in [0.29, 0.717) is 5.69 Å². The number of carbonyl (C=O) groups excluding carboxylic acids is 1. The van der Waals surface area contributed by atoms with Crippen LogP contribution in [0.5, 0.6) is 5.75 Å². The van der Waals surface area contributed by atoms with Crippen LogP contribution < -0.4 is 4.74 Å². The van der Waals surface area contributed by atoms with Crippen molar-refractivity contribution < 1.29 is 23.0 Å². The van der Waals surface area contributed by atoms with E-state index in [-0.39, 0.29) is 23.3 Å². The van der Waals surface area contributed by atoms with Crippen molar-refractivity contribution in [2.45, 2.75) is 13.8 Å². The number of aromatic nitrogens is 1. The molecule has 1 heterocycles. The van der Waals surface area contributed by atoms with Crippen molar-refractivity contribution in [3.63, 3.8) is 0 Å². The highest BCUT2D eigenvalue weighted by molar-refractivity contribution is 5.92. The molecular formula is C13H13F2NO3. The number of benzene rings is 1. The number of halogens is 2. The van der Waals surface area contributed by atoms with Gasteiger partial charge in [-0.2, -0.15) is 0 Å². The van der Waals surface area contributed by atoms with Gasteiger partial charge in [-0.15, -0.1) is 0 Å². The average molecular weight is 269 g/mol. The maximum absolute atomic E-state index is 14.1. The standard InChI is InChI=1S/C13H13F2NO3/c1-4-19-10-6-9(14)12-8(11(10)15)5-7(2)16(12)13(17)18-3/h5-6H,4H2,1-3H3. The van der Waals surface area contributed by atoms with Crippen LogP contribution in [0.2, 0.25) is 0 Å². The van der Waals surface area contributed by atoms with Gasteiger partial charge in [0.25, 0.3) is 0 Å². The largest absolute Gasteiger partial charge is 0.491 e. The quantitative estimate of drug-likeness (QED) is 0.840. The molecular weight excluding hydrogens is 256 g/mol.